The van der Waals surface area contributed by atoms with Crippen molar-refractivity contribution in [3.63, 3.8) is 0 Å². The Morgan fingerprint density at radius 2 is 2.18 bits per heavy atom. The summed E-state index contributed by atoms with van der Waals surface area (Å²) in [6, 6.07) is 0.740. The number of likely N-dealkylation sites (tertiary alicyclic amines) is 1. The van der Waals surface area contributed by atoms with Gasteiger partial charge in [-0.3, -0.25) is 0 Å². The fourth-order valence-electron chi connectivity index (χ4n) is 1.46. The SMILES string of the molecule is Br.CC(C)N1CCC(CBr)C1. The van der Waals surface area contributed by atoms with E-state index in [0.29, 0.717) is 0 Å². The van der Waals surface area contributed by atoms with E-state index in [9.17, 15) is 0 Å². The summed E-state index contributed by atoms with van der Waals surface area (Å²) in [5.74, 6) is 0.905. The molecule has 1 nitrogen and oxygen atoms in total. The van der Waals surface area contributed by atoms with Gasteiger partial charge in [0, 0.05) is 17.9 Å². The molecule has 3 heteroatoms. The summed E-state index contributed by atoms with van der Waals surface area (Å²) in [5, 5.41) is 1.18. The summed E-state index contributed by atoms with van der Waals surface area (Å²) in [7, 11) is 0. The van der Waals surface area contributed by atoms with Crippen LogP contribution in [0.15, 0.2) is 0 Å². The van der Waals surface area contributed by atoms with E-state index in [0.717, 1.165) is 12.0 Å². The molecule has 68 valence electrons. The lowest BCUT2D eigenvalue weighted by Crippen LogP contribution is -2.28. The van der Waals surface area contributed by atoms with E-state index < -0.39 is 0 Å². The molecule has 1 atom stereocenters. The van der Waals surface area contributed by atoms with Gasteiger partial charge in [-0.05, 0) is 32.7 Å². The van der Waals surface area contributed by atoms with Gasteiger partial charge in [0.1, 0.15) is 0 Å². The van der Waals surface area contributed by atoms with Gasteiger partial charge in [-0.15, -0.1) is 17.0 Å². The molecule has 1 aliphatic heterocycles. The van der Waals surface area contributed by atoms with Gasteiger partial charge in [-0.1, -0.05) is 15.9 Å². The molecule has 0 aromatic rings. The van der Waals surface area contributed by atoms with Crippen LogP contribution in [0, 0.1) is 5.92 Å². The maximum Gasteiger partial charge on any atom is 0.00723 e. The fourth-order valence-corrected chi connectivity index (χ4v) is 1.99. The van der Waals surface area contributed by atoms with Crippen LogP contribution < -0.4 is 0 Å². The summed E-state index contributed by atoms with van der Waals surface area (Å²) >= 11 is 3.53. The van der Waals surface area contributed by atoms with Crippen LogP contribution in [0.2, 0.25) is 0 Å². The molecule has 0 N–H and O–H groups in total. The van der Waals surface area contributed by atoms with Gasteiger partial charge >= 0.3 is 0 Å². The molecule has 0 bridgehead atoms. The van der Waals surface area contributed by atoms with E-state index in [-0.39, 0.29) is 17.0 Å². The van der Waals surface area contributed by atoms with Crippen molar-refractivity contribution >= 4 is 32.9 Å². The Morgan fingerprint density at radius 3 is 2.45 bits per heavy atom. The molecule has 1 fully saturated rings. The molecular weight excluding hydrogens is 270 g/mol. The molecule has 0 radical (unpaired) electrons. The van der Waals surface area contributed by atoms with Crippen LogP contribution in [0.3, 0.4) is 0 Å². The second-order valence-electron chi connectivity index (χ2n) is 3.40. The third kappa shape index (κ3) is 3.43. The number of halogens is 2. The fraction of sp³-hybridized carbons (Fsp3) is 1.00. The van der Waals surface area contributed by atoms with Crippen LogP contribution >= 0.6 is 32.9 Å². The highest BCUT2D eigenvalue weighted by atomic mass is 79.9. The minimum Gasteiger partial charge on any atom is -0.301 e. The summed E-state index contributed by atoms with van der Waals surface area (Å²) < 4.78 is 0. The molecule has 1 heterocycles. The summed E-state index contributed by atoms with van der Waals surface area (Å²) in [6.07, 6.45) is 1.38. The van der Waals surface area contributed by atoms with Gasteiger partial charge in [-0.25, -0.2) is 0 Å². The molecule has 1 saturated heterocycles. The van der Waals surface area contributed by atoms with Crippen molar-refractivity contribution in [1.82, 2.24) is 4.90 Å². The van der Waals surface area contributed by atoms with Crippen molar-refractivity contribution in [2.24, 2.45) is 5.92 Å². The largest absolute Gasteiger partial charge is 0.301 e. The van der Waals surface area contributed by atoms with E-state index in [1.165, 1.54) is 24.8 Å². The molecule has 0 spiro atoms. The second kappa shape index (κ2) is 5.55. The molecular formula is C8H17Br2N. The Labute approximate surface area is 88.4 Å². The first kappa shape index (κ1) is 11.9. The molecule has 11 heavy (non-hydrogen) atoms. The topological polar surface area (TPSA) is 3.24 Å². The first-order valence-corrected chi connectivity index (χ1v) is 5.16. The molecule has 1 unspecified atom stereocenters. The van der Waals surface area contributed by atoms with Crippen LogP contribution in [0.25, 0.3) is 0 Å². The number of rotatable bonds is 2. The summed E-state index contributed by atoms with van der Waals surface area (Å²) in [6.45, 7) is 7.14. The highest BCUT2D eigenvalue weighted by molar-refractivity contribution is 9.09. The van der Waals surface area contributed by atoms with Crippen LogP contribution in [-0.2, 0) is 0 Å². The highest BCUT2D eigenvalue weighted by Crippen LogP contribution is 2.19. The average Bonchev–Trinajstić information content (AvgIpc) is 2.34. The molecule has 1 rings (SSSR count). The number of hydrogen-bond donors (Lipinski definition) is 0. The third-order valence-electron chi connectivity index (χ3n) is 2.27. The average molecular weight is 287 g/mol. The lowest BCUT2D eigenvalue weighted by Gasteiger charge is -2.19. The normalized spacial score (nSPS) is 25.6. The Morgan fingerprint density at radius 1 is 1.55 bits per heavy atom. The Kier molecular flexibility index (Phi) is 6.01. The molecule has 0 aromatic heterocycles. The molecule has 1 aliphatic rings. The Hall–Kier alpha value is 0.920. The van der Waals surface area contributed by atoms with Crippen molar-refractivity contribution < 1.29 is 0 Å². The van der Waals surface area contributed by atoms with Crippen LogP contribution in [0.5, 0.6) is 0 Å². The van der Waals surface area contributed by atoms with Crippen molar-refractivity contribution in [3.05, 3.63) is 0 Å². The van der Waals surface area contributed by atoms with E-state index in [1.807, 2.05) is 0 Å². The standard InChI is InChI=1S/C8H16BrN.BrH/c1-7(2)10-4-3-8(5-9)6-10;/h7-8H,3-6H2,1-2H3;1H. The quantitative estimate of drug-likeness (QED) is 0.706. The monoisotopic (exact) mass is 285 g/mol. The molecule has 0 aromatic carbocycles. The zero-order valence-electron chi connectivity index (χ0n) is 7.22. The second-order valence-corrected chi connectivity index (χ2v) is 4.05. The van der Waals surface area contributed by atoms with E-state index in [4.69, 9.17) is 0 Å². The minimum absolute atomic E-state index is 0. The van der Waals surface area contributed by atoms with Gasteiger partial charge in [0.15, 0.2) is 0 Å². The molecule has 0 amide bonds. The number of nitrogens with zero attached hydrogens (tertiary/aromatic N) is 1. The minimum atomic E-state index is 0. The van der Waals surface area contributed by atoms with Gasteiger partial charge in [-0.2, -0.15) is 0 Å². The number of alkyl halides is 1. The Bertz CT molecular complexity index is 106. The Balaban J connectivity index is 0.000001000. The highest BCUT2D eigenvalue weighted by Gasteiger charge is 2.22. The van der Waals surface area contributed by atoms with Crippen LogP contribution in [-0.4, -0.2) is 29.4 Å². The lowest BCUT2D eigenvalue weighted by atomic mass is 10.2. The van der Waals surface area contributed by atoms with Crippen molar-refractivity contribution in [2.75, 3.05) is 18.4 Å². The van der Waals surface area contributed by atoms with Crippen molar-refractivity contribution in [3.8, 4) is 0 Å². The van der Waals surface area contributed by atoms with E-state index in [2.05, 4.69) is 34.7 Å². The summed E-state index contributed by atoms with van der Waals surface area (Å²) in [5.41, 5.74) is 0. The molecule has 0 saturated carbocycles. The van der Waals surface area contributed by atoms with E-state index in [1.54, 1.807) is 0 Å². The number of hydrogen-bond acceptors (Lipinski definition) is 1. The van der Waals surface area contributed by atoms with Gasteiger partial charge in [0.25, 0.3) is 0 Å². The van der Waals surface area contributed by atoms with Crippen LogP contribution in [0.4, 0.5) is 0 Å². The first-order chi connectivity index (χ1) is 4.74. The van der Waals surface area contributed by atoms with Crippen molar-refractivity contribution in [1.29, 1.82) is 0 Å². The predicted molar refractivity (Wildman–Crippen MR) is 58.9 cm³/mol. The van der Waals surface area contributed by atoms with Gasteiger partial charge in [0.2, 0.25) is 0 Å². The zero-order chi connectivity index (χ0) is 7.56. The third-order valence-corrected chi connectivity index (χ3v) is 3.18. The predicted octanol–water partition coefficient (Wildman–Crippen LogP) is 2.69. The first-order valence-electron chi connectivity index (χ1n) is 4.04. The molecule has 0 aliphatic carbocycles. The van der Waals surface area contributed by atoms with Gasteiger partial charge in [0.05, 0.1) is 0 Å². The summed E-state index contributed by atoms with van der Waals surface area (Å²) in [4.78, 5) is 2.55. The van der Waals surface area contributed by atoms with Gasteiger partial charge < -0.3 is 4.90 Å². The van der Waals surface area contributed by atoms with Crippen LogP contribution in [0.1, 0.15) is 20.3 Å². The lowest BCUT2D eigenvalue weighted by molar-refractivity contribution is 0.268. The maximum atomic E-state index is 3.53. The maximum absolute atomic E-state index is 3.53. The van der Waals surface area contributed by atoms with E-state index >= 15 is 0 Å². The van der Waals surface area contributed by atoms with Crippen molar-refractivity contribution in [2.45, 2.75) is 26.3 Å². The zero-order valence-corrected chi connectivity index (χ0v) is 10.5. The smallest absolute Gasteiger partial charge is 0.00723 e.